The van der Waals surface area contributed by atoms with E-state index in [2.05, 4.69) is 47.5 Å². The van der Waals surface area contributed by atoms with E-state index in [1.807, 2.05) is 19.2 Å². The number of ether oxygens (including phenoxy) is 1. The average Bonchev–Trinajstić information content (AvgIpc) is 3.69. The second-order valence-electron chi connectivity index (χ2n) is 12.9. The number of aliphatic hydroxyl groups excluding tert-OH is 1. The SMILES string of the molecule is Cc1cc(N2CC[C@](C)(c3ccccc3)C2)cn2nc(C34CC(CO)(CO3)C4C(=O)NCC(C)(C)C(=O)O)nc12. The molecule has 10 heteroatoms. The van der Waals surface area contributed by atoms with Crippen molar-refractivity contribution in [3.05, 3.63) is 59.5 Å². The first-order valence-corrected chi connectivity index (χ1v) is 13.9. The Morgan fingerprint density at radius 1 is 1.25 bits per heavy atom. The summed E-state index contributed by atoms with van der Waals surface area (Å²) in [6.45, 7) is 9.24. The Morgan fingerprint density at radius 3 is 2.70 bits per heavy atom. The van der Waals surface area contributed by atoms with Gasteiger partial charge in [0.2, 0.25) is 5.91 Å². The Balaban J connectivity index is 1.28. The van der Waals surface area contributed by atoms with Gasteiger partial charge in [-0.05, 0) is 50.8 Å². The van der Waals surface area contributed by atoms with E-state index in [4.69, 9.17) is 14.8 Å². The van der Waals surface area contributed by atoms with E-state index >= 15 is 0 Å². The van der Waals surface area contributed by atoms with Crippen molar-refractivity contribution in [3.63, 3.8) is 0 Å². The van der Waals surface area contributed by atoms with Gasteiger partial charge in [-0.25, -0.2) is 9.50 Å². The summed E-state index contributed by atoms with van der Waals surface area (Å²) in [6.07, 6.45) is 3.47. The summed E-state index contributed by atoms with van der Waals surface area (Å²) < 4.78 is 7.97. The van der Waals surface area contributed by atoms with Gasteiger partial charge in [-0.15, -0.1) is 5.10 Å². The number of carbonyl (C=O) groups is 2. The quantitative estimate of drug-likeness (QED) is 0.393. The average molecular weight is 548 g/mol. The number of hydrogen-bond donors (Lipinski definition) is 3. The molecule has 40 heavy (non-hydrogen) atoms. The largest absolute Gasteiger partial charge is 0.481 e. The van der Waals surface area contributed by atoms with Crippen LogP contribution in [0, 0.1) is 23.7 Å². The molecule has 1 amide bonds. The topological polar surface area (TPSA) is 129 Å². The van der Waals surface area contributed by atoms with Gasteiger partial charge in [0.15, 0.2) is 11.5 Å². The number of carboxylic acids is 1. The maximum absolute atomic E-state index is 13.4. The van der Waals surface area contributed by atoms with Crippen molar-refractivity contribution in [2.45, 2.75) is 51.6 Å². The lowest BCUT2D eigenvalue weighted by molar-refractivity contribution is -0.157. The molecule has 1 saturated carbocycles. The zero-order chi connectivity index (χ0) is 28.5. The smallest absolute Gasteiger partial charge is 0.310 e. The molecule has 2 bridgehead atoms. The van der Waals surface area contributed by atoms with Crippen molar-refractivity contribution < 1.29 is 24.5 Å². The number of aliphatic hydroxyl groups is 1. The number of pyridine rings is 1. The fourth-order valence-corrected chi connectivity index (χ4v) is 6.81. The fraction of sp³-hybridized carbons (Fsp3) is 0.533. The number of aromatic nitrogens is 3. The van der Waals surface area contributed by atoms with Crippen molar-refractivity contribution in [3.8, 4) is 0 Å². The van der Waals surface area contributed by atoms with Crippen molar-refractivity contribution >= 4 is 23.2 Å². The molecule has 3 N–H and O–H groups in total. The molecule has 0 spiro atoms. The lowest BCUT2D eigenvalue weighted by Crippen LogP contribution is -2.61. The Hall–Kier alpha value is -3.50. The highest BCUT2D eigenvalue weighted by molar-refractivity contribution is 5.84. The predicted molar refractivity (Wildman–Crippen MR) is 148 cm³/mol. The second-order valence-corrected chi connectivity index (χ2v) is 12.9. The van der Waals surface area contributed by atoms with Crippen molar-refractivity contribution in [1.29, 1.82) is 0 Å². The van der Waals surface area contributed by atoms with E-state index < -0.39 is 28.3 Å². The lowest BCUT2D eigenvalue weighted by Gasteiger charge is -2.49. The highest BCUT2D eigenvalue weighted by atomic mass is 16.5. The van der Waals surface area contributed by atoms with Crippen LogP contribution >= 0.6 is 0 Å². The van der Waals surface area contributed by atoms with Gasteiger partial charge in [0.25, 0.3) is 0 Å². The minimum atomic E-state index is -1.13. The molecule has 10 nitrogen and oxygen atoms in total. The van der Waals surface area contributed by atoms with Crippen LogP contribution in [0.15, 0.2) is 42.6 Å². The first kappa shape index (κ1) is 26.7. The summed E-state index contributed by atoms with van der Waals surface area (Å²) in [7, 11) is 0. The van der Waals surface area contributed by atoms with Gasteiger partial charge in [-0.1, -0.05) is 37.3 Å². The van der Waals surface area contributed by atoms with Crippen LogP contribution in [-0.2, 0) is 25.3 Å². The molecule has 4 aliphatic rings. The van der Waals surface area contributed by atoms with Crippen LogP contribution in [0.25, 0.3) is 5.65 Å². The summed E-state index contributed by atoms with van der Waals surface area (Å²) in [5.41, 5.74) is 1.21. The molecule has 7 rings (SSSR count). The van der Waals surface area contributed by atoms with Crippen LogP contribution in [0.2, 0.25) is 0 Å². The van der Waals surface area contributed by atoms with Crippen LogP contribution in [-0.4, -0.2) is 69.5 Å². The van der Waals surface area contributed by atoms with Crippen LogP contribution in [0.3, 0.4) is 0 Å². The number of hydrogen-bond acceptors (Lipinski definition) is 7. The maximum atomic E-state index is 13.4. The lowest BCUT2D eigenvalue weighted by atomic mass is 9.53. The zero-order valence-electron chi connectivity index (χ0n) is 23.5. The van der Waals surface area contributed by atoms with Crippen molar-refractivity contribution in [2.24, 2.45) is 16.7 Å². The summed E-state index contributed by atoms with van der Waals surface area (Å²) in [4.78, 5) is 32.2. The molecule has 2 aromatic heterocycles. The Labute approximate surface area is 233 Å². The molecule has 1 aromatic carbocycles. The number of anilines is 1. The molecule has 4 fully saturated rings. The van der Waals surface area contributed by atoms with Crippen LogP contribution < -0.4 is 10.2 Å². The first-order valence-electron chi connectivity index (χ1n) is 13.9. The third-order valence-electron chi connectivity index (χ3n) is 9.46. The van der Waals surface area contributed by atoms with Crippen molar-refractivity contribution in [1.82, 2.24) is 19.9 Å². The number of aliphatic carboxylic acids is 1. The molecule has 1 aliphatic carbocycles. The third-order valence-corrected chi connectivity index (χ3v) is 9.46. The van der Waals surface area contributed by atoms with E-state index in [-0.39, 0.29) is 31.1 Å². The van der Waals surface area contributed by atoms with Crippen LogP contribution in [0.5, 0.6) is 0 Å². The highest BCUT2D eigenvalue weighted by Crippen LogP contribution is 2.66. The summed E-state index contributed by atoms with van der Waals surface area (Å²) in [5.74, 6) is -1.64. The molecule has 212 valence electrons. The van der Waals surface area contributed by atoms with Gasteiger partial charge in [-0.2, -0.15) is 0 Å². The molecule has 3 saturated heterocycles. The number of amides is 1. The molecule has 3 unspecified atom stereocenters. The van der Waals surface area contributed by atoms with E-state index in [1.54, 1.807) is 18.4 Å². The zero-order valence-corrected chi connectivity index (χ0v) is 23.5. The number of nitrogens with zero attached hydrogens (tertiary/aromatic N) is 4. The van der Waals surface area contributed by atoms with E-state index in [9.17, 15) is 19.8 Å². The highest BCUT2D eigenvalue weighted by Gasteiger charge is 2.75. The monoisotopic (exact) mass is 547 g/mol. The number of benzene rings is 1. The molecule has 3 aliphatic heterocycles. The van der Waals surface area contributed by atoms with Gasteiger partial charge in [0.05, 0.1) is 36.4 Å². The van der Waals surface area contributed by atoms with Crippen LogP contribution in [0.4, 0.5) is 5.69 Å². The fourth-order valence-electron chi connectivity index (χ4n) is 6.81. The molecule has 3 aromatic rings. The van der Waals surface area contributed by atoms with Crippen LogP contribution in [0.1, 0.15) is 50.6 Å². The van der Waals surface area contributed by atoms with Gasteiger partial charge in [-0.3, -0.25) is 9.59 Å². The number of nitrogens with one attached hydrogen (secondary N) is 1. The van der Waals surface area contributed by atoms with E-state index in [0.717, 1.165) is 30.8 Å². The summed E-state index contributed by atoms with van der Waals surface area (Å²) in [6, 6.07) is 12.8. The standard InChI is InChI=1S/C30H37N5O5/c1-19-12-21(34-11-10-28(4,16-34)20-8-6-5-7-9-20)13-35-23(19)32-25(33-35)30-14-29(17-36,18-40-30)22(30)24(37)31-15-27(2,3)26(38)39/h5-9,12-13,22,36H,10-11,14-18H2,1-4H3,(H,31,37)(H,38,39)/t22?,28-,29?,30?/m0/s1. The third kappa shape index (κ3) is 3.91. The number of fused-ring (bicyclic) bond motifs is 2. The van der Waals surface area contributed by atoms with Gasteiger partial charge < -0.3 is 25.2 Å². The molecule has 5 heterocycles. The summed E-state index contributed by atoms with van der Waals surface area (Å²) in [5, 5.41) is 27.3. The van der Waals surface area contributed by atoms with Gasteiger partial charge in [0.1, 0.15) is 5.60 Å². The van der Waals surface area contributed by atoms with Gasteiger partial charge >= 0.3 is 5.97 Å². The maximum Gasteiger partial charge on any atom is 0.310 e. The predicted octanol–water partition coefficient (Wildman–Crippen LogP) is 2.66. The molecule has 0 radical (unpaired) electrons. The number of aryl methyl sites for hydroxylation is 1. The normalized spacial score (nSPS) is 29.5. The number of rotatable bonds is 8. The summed E-state index contributed by atoms with van der Waals surface area (Å²) >= 11 is 0. The molecular formula is C30H37N5O5. The minimum absolute atomic E-state index is 0.0337. The Morgan fingerprint density at radius 2 is 2.00 bits per heavy atom. The first-order chi connectivity index (χ1) is 18.9. The van der Waals surface area contributed by atoms with E-state index in [1.165, 1.54) is 5.56 Å². The van der Waals surface area contributed by atoms with Gasteiger partial charge in [0, 0.05) is 30.5 Å². The second kappa shape index (κ2) is 9.01. The number of carbonyl (C=O) groups excluding carboxylic acids is 1. The van der Waals surface area contributed by atoms with Crippen molar-refractivity contribution in [2.75, 3.05) is 37.7 Å². The Kier molecular flexibility index (Phi) is 6.01. The number of carboxylic acid groups (broad SMARTS) is 1. The Bertz CT molecular complexity index is 1490. The van der Waals surface area contributed by atoms with E-state index in [0.29, 0.717) is 17.9 Å². The minimum Gasteiger partial charge on any atom is -0.481 e. The molecule has 4 atom stereocenters. The molecular weight excluding hydrogens is 510 g/mol.